The van der Waals surface area contributed by atoms with Gasteiger partial charge < -0.3 is 19.6 Å². The zero-order chi connectivity index (χ0) is 18.0. The topological polar surface area (TPSA) is 87.2 Å². The van der Waals surface area contributed by atoms with Gasteiger partial charge in [-0.25, -0.2) is 4.79 Å². The predicted molar refractivity (Wildman–Crippen MR) is 89.8 cm³/mol. The number of amides is 2. The first-order chi connectivity index (χ1) is 12.0. The number of rotatable bonds is 3. The van der Waals surface area contributed by atoms with E-state index in [2.05, 4.69) is 6.92 Å². The van der Waals surface area contributed by atoms with Gasteiger partial charge in [0.2, 0.25) is 5.91 Å². The van der Waals surface area contributed by atoms with E-state index in [4.69, 9.17) is 9.84 Å². The summed E-state index contributed by atoms with van der Waals surface area (Å²) in [6.07, 6.45) is 2.97. The number of carboxylic acids is 1. The maximum atomic E-state index is 12.7. The number of hydrogen-bond acceptors (Lipinski definition) is 4. The molecule has 0 aromatic carbocycles. The Labute approximate surface area is 148 Å². The molecule has 0 spiro atoms. The van der Waals surface area contributed by atoms with Crippen molar-refractivity contribution in [3.63, 3.8) is 0 Å². The van der Waals surface area contributed by atoms with Crippen molar-refractivity contribution >= 4 is 17.8 Å². The van der Waals surface area contributed by atoms with Gasteiger partial charge in [-0.1, -0.05) is 6.92 Å². The molecule has 3 rings (SSSR count). The fourth-order valence-electron chi connectivity index (χ4n) is 4.20. The van der Waals surface area contributed by atoms with Gasteiger partial charge in [0, 0.05) is 32.1 Å². The summed E-state index contributed by atoms with van der Waals surface area (Å²) in [4.78, 5) is 39.9. The van der Waals surface area contributed by atoms with Gasteiger partial charge in [-0.05, 0) is 44.4 Å². The largest absolute Gasteiger partial charge is 0.479 e. The highest BCUT2D eigenvalue weighted by Gasteiger charge is 2.38. The number of piperidine rings is 2. The maximum Gasteiger partial charge on any atom is 0.332 e. The quantitative estimate of drug-likeness (QED) is 0.822. The lowest BCUT2D eigenvalue weighted by Crippen LogP contribution is -2.48. The van der Waals surface area contributed by atoms with Crippen LogP contribution < -0.4 is 0 Å². The molecule has 0 aromatic rings. The van der Waals surface area contributed by atoms with Crippen LogP contribution in [0.2, 0.25) is 0 Å². The van der Waals surface area contributed by atoms with Crippen molar-refractivity contribution in [1.82, 2.24) is 9.80 Å². The highest BCUT2D eigenvalue weighted by Crippen LogP contribution is 2.26. The zero-order valence-electron chi connectivity index (χ0n) is 14.9. The van der Waals surface area contributed by atoms with Crippen molar-refractivity contribution in [2.45, 2.75) is 57.7 Å². The van der Waals surface area contributed by atoms with Crippen molar-refractivity contribution in [1.29, 1.82) is 0 Å². The lowest BCUT2D eigenvalue weighted by molar-refractivity contribution is -0.156. The lowest BCUT2D eigenvalue weighted by Gasteiger charge is -2.37. The van der Waals surface area contributed by atoms with E-state index in [9.17, 15) is 14.4 Å². The van der Waals surface area contributed by atoms with Crippen LogP contribution in [-0.2, 0) is 19.1 Å². The zero-order valence-corrected chi connectivity index (χ0v) is 14.9. The van der Waals surface area contributed by atoms with Gasteiger partial charge in [0.25, 0.3) is 5.91 Å². The number of carboxylic acid groups (broad SMARTS) is 1. The van der Waals surface area contributed by atoms with Gasteiger partial charge in [-0.3, -0.25) is 9.59 Å². The molecule has 0 aliphatic carbocycles. The molecule has 1 unspecified atom stereocenters. The predicted octanol–water partition coefficient (Wildman–Crippen LogP) is 1.12. The smallest absolute Gasteiger partial charge is 0.332 e. The first-order valence-corrected chi connectivity index (χ1v) is 9.41. The summed E-state index contributed by atoms with van der Waals surface area (Å²) in [7, 11) is 0. The second kappa shape index (κ2) is 7.72. The van der Waals surface area contributed by atoms with E-state index >= 15 is 0 Å². The van der Waals surface area contributed by atoms with E-state index in [1.54, 1.807) is 4.90 Å². The molecule has 3 aliphatic heterocycles. The lowest BCUT2D eigenvalue weighted by atomic mass is 9.92. The molecule has 3 aliphatic rings. The van der Waals surface area contributed by atoms with E-state index < -0.39 is 18.2 Å². The van der Waals surface area contributed by atoms with E-state index in [1.807, 2.05) is 4.90 Å². The fraction of sp³-hybridized carbons (Fsp3) is 0.833. The normalized spacial score (nSPS) is 31.2. The van der Waals surface area contributed by atoms with Crippen molar-refractivity contribution in [3.05, 3.63) is 0 Å². The van der Waals surface area contributed by atoms with Gasteiger partial charge in [-0.15, -0.1) is 0 Å². The second-order valence-corrected chi connectivity index (χ2v) is 7.66. The van der Waals surface area contributed by atoms with E-state index in [1.165, 1.54) is 6.42 Å². The Hall–Kier alpha value is -1.63. The Bertz CT molecular complexity index is 530. The van der Waals surface area contributed by atoms with E-state index in [0.717, 1.165) is 19.5 Å². The van der Waals surface area contributed by atoms with Crippen LogP contribution in [0.4, 0.5) is 0 Å². The van der Waals surface area contributed by atoms with Crippen LogP contribution in [0, 0.1) is 11.8 Å². The Morgan fingerprint density at radius 1 is 0.880 bits per heavy atom. The second-order valence-electron chi connectivity index (χ2n) is 7.66. The molecule has 7 nitrogen and oxygen atoms in total. The molecular formula is C18H28N2O5. The third kappa shape index (κ3) is 4.14. The number of likely N-dealkylation sites (tertiary alicyclic amines) is 2. The summed E-state index contributed by atoms with van der Waals surface area (Å²) in [5.41, 5.74) is 0. The highest BCUT2D eigenvalue weighted by molar-refractivity contribution is 5.83. The van der Waals surface area contributed by atoms with E-state index in [-0.39, 0.29) is 17.7 Å². The van der Waals surface area contributed by atoms with Gasteiger partial charge >= 0.3 is 5.97 Å². The number of nitrogens with zero attached hydrogens (tertiary/aromatic N) is 2. The van der Waals surface area contributed by atoms with Crippen molar-refractivity contribution < 1.29 is 24.2 Å². The molecule has 0 radical (unpaired) electrons. The summed E-state index contributed by atoms with van der Waals surface area (Å²) in [6.45, 7) is 5.00. The molecule has 3 atom stereocenters. The van der Waals surface area contributed by atoms with Crippen LogP contribution >= 0.6 is 0 Å². The van der Waals surface area contributed by atoms with E-state index in [0.29, 0.717) is 44.7 Å². The van der Waals surface area contributed by atoms with Crippen molar-refractivity contribution in [3.8, 4) is 0 Å². The minimum absolute atomic E-state index is 0.00520. The molecule has 3 heterocycles. The first-order valence-electron chi connectivity index (χ1n) is 9.41. The van der Waals surface area contributed by atoms with Crippen LogP contribution in [0.15, 0.2) is 0 Å². The molecule has 3 fully saturated rings. The molecule has 0 aromatic heterocycles. The standard InChI is InChI=1S/C18H28N2O5/c1-12-3-2-8-20(11-12)16(21)13-6-9-19(10-7-13)17(22)14-4-5-15(25-14)18(23)24/h12-15H,2-11H2,1H3,(H,23,24)/t12?,14-,15+/m0/s1. The maximum absolute atomic E-state index is 12.7. The number of aliphatic carboxylic acids is 1. The third-order valence-electron chi connectivity index (χ3n) is 5.70. The molecule has 7 heteroatoms. The van der Waals surface area contributed by atoms with Gasteiger partial charge in [-0.2, -0.15) is 0 Å². The number of hydrogen-bond donors (Lipinski definition) is 1. The Morgan fingerprint density at radius 3 is 2.16 bits per heavy atom. The van der Waals surface area contributed by atoms with Gasteiger partial charge in [0.05, 0.1) is 0 Å². The Balaban J connectivity index is 1.47. The fourth-order valence-corrected chi connectivity index (χ4v) is 4.20. The van der Waals surface area contributed by atoms with Crippen molar-refractivity contribution in [2.24, 2.45) is 11.8 Å². The summed E-state index contributed by atoms with van der Waals surface area (Å²) < 4.78 is 5.35. The molecule has 0 bridgehead atoms. The Kier molecular flexibility index (Phi) is 5.61. The third-order valence-corrected chi connectivity index (χ3v) is 5.70. The summed E-state index contributed by atoms with van der Waals surface area (Å²) in [5.74, 6) is -0.315. The minimum atomic E-state index is -1.00. The van der Waals surface area contributed by atoms with Crippen LogP contribution in [0.25, 0.3) is 0 Å². The average molecular weight is 352 g/mol. The number of carbonyl (C=O) groups excluding carboxylic acids is 2. The van der Waals surface area contributed by atoms with Crippen LogP contribution in [0.1, 0.15) is 45.4 Å². The molecule has 140 valence electrons. The molecular weight excluding hydrogens is 324 g/mol. The molecule has 0 saturated carbocycles. The summed E-state index contributed by atoms with van der Waals surface area (Å²) in [6, 6.07) is 0. The molecule has 2 amide bonds. The summed E-state index contributed by atoms with van der Waals surface area (Å²) in [5, 5.41) is 8.97. The van der Waals surface area contributed by atoms with Gasteiger partial charge in [0.15, 0.2) is 6.10 Å². The Morgan fingerprint density at radius 2 is 1.56 bits per heavy atom. The first kappa shape index (κ1) is 18.2. The molecule has 3 saturated heterocycles. The van der Waals surface area contributed by atoms with Crippen LogP contribution in [0.3, 0.4) is 0 Å². The number of carbonyl (C=O) groups is 3. The highest BCUT2D eigenvalue weighted by atomic mass is 16.5. The molecule has 1 N–H and O–H groups in total. The SMILES string of the molecule is CC1CCCN(C(=O)C2CCN(C(=O)[C@@H]3CC[C@H](C(=O)O)O3)CC2)C1. The molecule has 25 heavy (non-hydrogen) atoms. The average Bonchev–Trinajstić information content (AvgIpc) is 3.11. The monoisotopic (exact) mass is 352 g/mol. The van der Waals surface area contributed by atoms with Crippen LogP contribution in [-0.4, -0.2) is 71.1 Å². The number of ether oxygens (including phenoxy) is 1. The van der Waals surface area contributed by atoms with Crippen LogP contribution in [0.5, 0.6) is 0 Å². The minimum Gasteiger partial charge on any atom is -0.479 e. The summed E-state index contributed by atoms with van der Waals surface area (Å²) >= 11 is 0. The van der Waals surface area contributed by atoms with Crippen molar-refractivity contribution in [2.75, 3.05) is 26.2 Å². The van der Waals surface area contributed by atoms with Gasteiger partial charge in [0.1, 0.15) is 6.10 Å².